The van der Waals surface area contributed by atoms with Gasteiger partial charge < -0.3 is 4.90 Å². The summed E-state index contributed by atoms with van der Waals surface area (Å²) in [4.78, 5) is 19.5. The molecule has 26 heavy (non-hydrogen) atoms. The molecule has 0 N–H and O–H groups in total. The van der Waals surface area contributed by atoms with E-state index in [0.717, 1.165) is 42.1 Å². The number of aryl methyl sites for hydroxylation is 1. The Balaban J connectivity index is 1.59. The fourth-order valence-electron chi connectivity index (χ4n) is 3.90. The second-order valence-corrected chi connectivity index (χ2v) is 7.27. The van der Waals surface area contributed by atoms with Crippen LogP contribution >= 0.6 is 0 Å². The number of nitrogens with zero attached hydrogens (tertiary/aromatic N) is 3. The van der Waals surface area contributed by atoms with E-state index in [2.05, 4.69) is 29.7 Å². The molecule has 1 aromatic heterocycles. The Labute approximate surface area is 154 Å². The normalized spacial score (nSPS) is 17.6. The maximum Gasteiger partial charge on any atom is 0.223 e. The standard InChI is InChI=1S/C22H25N3O/c1-17-8-7-15-24(16-17)22(26)14-13-21-23-19-11-5-6-12-20(19)25(21)18-9-3-2-4-10-18/h2-6,9-12,17H,7-8,13-16H2,1H3/t17-/m0/s1. The van der Waals surface area contributed by atoms with Gasteiger partial charge in [0.15, 0.2) is 0 Å². The van der Waals surface area contributed by atoms with Crippen LogP contribution in [-0.4, -0.2) is 33.4 Å². The molecule has 3 aromatic rings. The summed E-state index contributed by atoms with van der Waals surface area (Å²) in [5.41, 5.74) is 3.16. The van der Waals surface area contributed by atoms with Crippen LogP contribution in [0.25, 0.3) is 16.7 Å². The van der Waals surface area contributed by atoms with E-state index >= 15 is 0 Å². The number of aromatic nitrogens is 2. The molecule has 0 spiro atoms. The Morgan fingerprint density at radius 2 is 1.88 bits per heavy atom. The van der Waals surface area contributed by atoms with E-state index in [-0.39, 0.29) is 5.91 Å². The molecule has 0 bridgehead atoms. The molecule has 0 unspecified atom stereocenters. The Morgan fingerprint density at radius 3 is 2.69 bits per heavy atom. The first-order valence-corrected chi connectivity index (χ1v) is 9.52. The third-order valence-corrected chi connectivity index (χ3v) is 5.22. The first-order valence-electron chi connectivity index (χ1n) is 9.52. The molecule has 134 valence electrons. The van der Waals surface area contributed by atoms with Crippen molar-refractivity contribution in [3.8, 4) is 5.69 Å². The minimum atomic E-state index is 0.253. The van der Waals surface area contributed by atoms with E-state index in [0.29, 0.717) is 18.8 Å². The van der Waals surface area contributed by atoms with Crippen molar-refractivity contribution in [2.24, 2.45) is 5.92 Å². The number of hydrogen-bond acceptors (Lipinski definition) is 2. The lowest BCUT2D eigenvalue weighted by atomic mass is 10.00. The molecule has 4 nitrogen and oxygen atoms in total. The number of imidazole rings is 1. The fraction of sp³-hybridized carbons (Fsp3) is 0.364. The van der Waals surface area contributed by atoms with Crippen molar-refractivity contribution in [3.05, 3.63) is 60.4 Å². The van der Waals surface area contributed by atoms with Crippen molar-refractivity contribution in [2.75, 3.05) is 13.1 Å². The third kappa shape index (κ3) is 3.36. The summed E-state index contributed by atoms with van der Waals surface area (Å²) in [6.07, 6.45) is 3.53. The molecule has 2 heterocycles. The molecule has 1 amide bonds. The molecule has 4 rings (SSSR count). The first kappa shape index (κ1) is 16.8. The van der Waals surface area contributed by atoms with E-state index in [1.165, 1.54) is 6.42 Å². The van der Waals surface area contributed by atoms with Crippen molar-refractivity contribution in [1.29, 1.82) is 0 Å². The number of piperidine rings is 1. The molecular formula is C22H25N3O. The first-order chi connectivity index (χ1) is 12.7. The largest absolute Gasteiger partial charge is 0.342 e. The number of benzene rings is 2. The van der Waals surface area contributed by atoms with Crippen LogP contribution in [0.4, 0.5) is 0 Å². The van der Waals surface area contributed by atoms with Crippen LogP contribution in [-0.2, 0) is 11.2 Å². The van der Waals surface area contributed by atoms with Crippen LogP contribution in [0, 0.1) is 5.92 Å². The van der Waals surface area contributed by atoms with Gasteiger partial charge in [0.05, 0.1) is 11.0 Å². The summed E-state index contributed by atoms with van der Waals surface area (Å²) in [6, 6.07) is 18.4. The van der Waals surface area contributed by atoms with Crippen LogP contribution in [0.5, 0.6) is 0 Å². The van der Waals surface area contributed by atoms with E-state index in [4.69, 9.17) is 4.98 Å². The van der Waals surface area contributed by atoms with Gasteiger partial charge in [0, 0.05) is 31.6 Å². The molecule has 0 aliphatic carbocycles. The van der Waals surface area contributed by atoms with Crippen molar-refractivity contribution in [3.63, 3.8) is 0 Å². The van der Waals surface area contributed by atoms with Gasteiger partial charge in [-0.15, -0.1) is 0 Å². The molecule has 1 fully saturated rings. The zero-order valence-electron chi connectivity index (χ0n) is 15.3. The number of amides is 1. The SMILES string of the molecule is C[C@H]1CCCN(C(=O)CCc2nc3ccccc3n2-c2ccccc2)C1. The van der Waals surface area contributed by atoms with Crippen LogP contribution in [0.2, 0.25) is 0 Å². The number of carbonyl (C=O) groups is 1. The Bertz CT molecular complexity index is 900. The van der Waals surface area contributed by atoms with E-state index in [9.17, 15) is 4.79 Å². The van der Waals surface area contributed by atoms with Gasteiger partial charge in [0.1, 0.15) is 5.82 Å². The summed E-state index contributed by atoms with van der Waals surface area (Å²) in [6.45, 7) is 4.03. The maximum absolute atomic E-state index is 12.7. The van der Waals surface area contributed by atoms with Crippen LogP contribution in [0.3, 0.4) is 0 Å². The molecule has 2 aromatic carbocycles. The molecule has 1 aliphatic heterocycles. The smallest absolute Gasteiger partial charge is 0.223 e. The number of carbonyl (C=O) groups excluding carboxylic acids is 1. The van der Waals surface area contributed by atoms with Crippen LogP contribution in [0.1, 0.15) is 32.0 Å². The van der Waals surface area contributed by atoms with Crippen molar-refractivity contribution in [2.45, 2.75) is 32.6 Å². The number of likely N-dealkylation sites (tertiary alicyclic amines) is 1. The van der Waals surface area contributed by atoms with Crippen molar-refractivity contribution >= 4 is 16.9 Å². The molecule has 1 saturated heterocycles. The zero-order chi connectivity index (χ0) is 17.9. The highest BCUT2D eigenvalue weighted by Gasteiger charge is 2.21. The van der Waals surface area contributed by atoms with Crippen LogP contribution in [0.15, 0.2) is 54.6 Å². The lowest BCUT2D eigenvalue weighted by Crippen LogP contribution is -2.39. The second kappa shape index (κ2) is 7.32. The van der Waals surface area contributed by atoms with Gasteiger partial charge in [0.25, 0.3) is 0 Å². The van der Waals surface area contributed by atoms with Gasteiger partial charge in [-0.2, -0.15) is 0 Å². The molecule has 4 heteroatoms. The highest BCUT2D eigenvalue weighted by atomic mass is 16.2. The highest BCUT2D eigenvalue weighted by molar-refractivity contribution is 5.79. The number of fused-ring (bicyclic) bond motifs is 1. The summed E-state index contributed by atoms with van der Waals surface area (Å²) in [5.74, 6) is 1.82. The Morgan fingerprint density at radius 1 is 1.12 bits per heavy atom. The predicted molar refractivity (Wildman–Crippen MR) is 104 cm³/mol. The second-order valence-electron chi connectivity index (χ2n) is 7.27. The predicted octanol–water partition coefficient (Wildman–Crippen LogP) is 4.22. The average molecular weight is 347 g/mol. The summed E-state index contributed by atoms with van der Waals surface area (Å²) in [5, 5.41) is 0. The van der Waals surface area contributed by atoms with E-state index in [1.807, 2.05) is 41.3 Å². The summed E-state index contributed by atoms with van der Waals surface area (Å²) in [7, 11) is 0. The monoisotopic (exact) mass is 347 g/mol. The molecule has 1 atom stereocenters. The lowest BCUT2D eigenvalue weighted by Gasteiger charge is -2.31. The minimum absolute atomic E-state index is 0.253. The van der Waals surface area contributed by atoms with Gasteiger partial charge in [-0.25, -0.2) is 4.98 Å². The number of para-hydroxylation sites is 3. The van der Waals surface area contributed by atoms with Gasteiger partial charge in [0.2, 0.25) is 5.91 Å². The Hall–Kier alpha value is -2.62. The number of hydrogen-bond donors (Lipinski definition) is 0. The van der Waals surface area contributed by atoms with E-state index in [1.54, 1.807) is 0 Å². The molecular weight excluding hydrogens is 322 g/mol. The van der Waals surface area contributed by atoms with Gasteiger partial charge >= 0.3 is 0 Å². The van der Waals surface area contributed by atoms with Crippen molar-refractivity contribution in [1.82, 2.24) is 14.5 Å². The van der Waals surface area contributed by atoms with Gasteiger partial charge in [-0.05, 0) is 43.0 Å². The molecule has 0 radical (unpaired) electrons. The topological polar surface area (TPSA) is 38.1 Å². The molecule has 0 saturated carbocycles. The fourth-order valence-corrected chi connectivity index (χ4v) is 3.90. The third-order valence-electron chi connectivity index (χ3n) is 5.22. The quantitative estimate of drug-likeness (QED) is 0.709. The van der Waals surface area contributed by atoms with Gasteiger partial charge in [-0.1, -0.05) is 37.3 Å². The minimum Gasteiger partial charge on any atom is -0.342 e. The van der Waals surface area contributed by atoms with Crippen LogP contribution < -0.4 is 0 Å². The number of rotatable bonds is 4. The average Bonchev–Trinajstić information content (AvgIpc) is 3.05. The highest BCUT2D eigenvalue weighted by Crippen LogP contribution is 2.23. The molecule has 1 aliphatic rings. The summed E-state index contributed by atoms with van der Waals surface area (Å²) >= 11 is 0. The lowest BCUT2D eigenvalue weighted by molar-refractivity contribution is -0.132. The Kier molecular flexibility index (Phi) is 4.74. The zero-order valence-corrected chi connectivity index (χ0v) is 15.3. The van der Waals surface area contributed by atoms with E-state index < -0.39 is 0 Å². The van der Waals surface area contributed by atoms with Gasteiger partial charge in [-0.3, -0.25) is 9.36 Å². The maximum atomic E-state index is 12.7. The summed E-state index contributed by atoms with van der Waals surface area (Å²) < 4.78 is 2.18. The van der Waals surface area contributed by atoms with Crippen molar-refractivity contribution < 1.29 is 4.79 Å².